The number of aromatic nitrogens is 4. The van der Waals surface area contributed by atoms with Crippen LogP contribution in [-0.4, -0.2) is 50.1 Å². The van der Waals surface area contributed by atoms with Crippen LogP contribution in [0.4, 0.5) is 4.39 Å². The number of nitrogens with one attached hydrogen (secondary N) is 1. The van der Waals surface area contributed by atoms with Gasteiger partial charge in [-0.15, -0.1) is 5.10 Å². The number of benzene rings is 1. The van der Waals surface area contributed by atoms with Crippen LogP contribution >= 0.6 is 0 Å². The van der Waals surface area contributed by atoms with E-state index in [4.69, 9.17) is 15.8 Å². The summed E-state index contributed by atoms with van der Waals surface area (Å²) in [5, 5.41) is 31.1. The van der Waals surface area contributed by atoms with Gasteiger partial charge in [0.1, 0.15) is 12.4 Å². The number of amides is 1. The number of nitrogens with zero attached hydrogens (tertiary/aromatic N) is 4. The first-order chi connectivity index (χ1) is 13.0. The minimum absolute atomic E-state index is 0.0863. The number of halogens is 1. The van der Waals surface area contributed by atoms with Gasteiger partial charge >= 0.3 is 7.32 Å². The highest BCUT2D eigenvalue weighted by Gasteiger charge is 2.17. The normalized spacial score (nSPS) is 12.0. The lowest BCUT2D eigenvalue weighted by molar-refractivity contribution is -0.122. The summed E-state index contributed by atoms with van der Waals surface area (Å²) in [5.41, 5.74) is 6.84. The summed E-state index contributed by atoms with van der Waals surface area (Å²) < 4.78 is 18.8. The van der Waals surface area contributed by atoms with Gasteiger partial charge < -0.3 is 25.8 Å². The van der Waals surface area contributed by atoms with E-state index in [1.807, 2.05) is 0 Å². The number of hydrogen-bond donors (Lipinski definition) is 4. The zero-order valence-corrected chi connectivity index (χ0v) is 14.7. The van der Waals surface area contributed by atoms with Crippen molar-refractivity contribution in [3.63, 3.8) is 0 Å². The van der Waals surface area contributed by atoms with Crippen molar-refractivity contribution < 1.29 is 23.9 Å². The van der Waals surface area contributed by atoms with Crippen molar-refractivity contribution in [2.75, 3.05) is 6.61 Å². The Morgan fingerprint density at radius 2 is 2.07 bits per heavy atom. The van der Waals surface area contributed by atoms with Gasteiger partial charge in [0.2, 0.25) is 5.91 Å². The first kappa shape index (κ1) is 20.9. The molecule has 1 aromatic carbocycles. The molecule has 2 rings (SSSR count). The van der Waals surface area contributed by atoms with E-state index in [1.54, 1.807) is 12.1 Å². The smallest absolute Gasteiger partial charge is 0.402 e. The third-order valence-electron chi connectivity index (χ3n) is 3.76. The minimum atomic E-state index is -1.78. The van der Waals surface area contributed by atoms with Crippen molar-refractivity contribution in [1.82, 2.24) is 25.5 Å². The average Bonchev–Trinajstić information content (AvgIpc) is 3.08. The van der Waals surface area contributed by atoms with Crippen LogP contribution in [0.2, 0.25) is 0 Å². The Hall–Kier alpha value is -2.41. The van der Waals surface area contributed by atoms with Crippen LogP contribution in [0.15, 0.2) is 24.3 Å². The molecule has 0 bridgehead atoms. The van der Waals surface area contributed by atoms with Gasteiger partial charge in [0, 0.05) is 13.2 Å². The van der Waals surface area contributed by atoms with Gasteiger partial charge in [-0.1, -0.05) is 12.1 Å². The van der Waals surface area contributed by atoms with Crippen LogP contribution in [0.1, 0.15) is 36.7 Å². The molecule has 1 aromatic heterocycles. The predicted octanol–water partition coefficient (Wildman–Crippen LogP) is -0.715. The number of rotatable bonds is 11. The Morgan fingerprint density at radius 3 is 2.78 bits per heavy atom. The highest BCUT2D eigenvalue weighted by Crippen LogP contribution is 2.13. The van der Waals surface area contributed by atoms with Crippen molar-refractivity contribution in [3.8, 4) is 0 Å². The second-order valence-corrected chi connectivity index (χ2v) is 5.90. The van der Waals surface area contributed by atoms with E-state index in [0.717, 1.165) is 5.56 Å². The Bertz CT molecular complexity index is 715. The first-order valence-corrected chi connectivity index (χ1v) is 8.46. The molecule has 0 spiro atoms. The van der Waals surface area contributed by atoms with Crippen LogP contribution in [0.3, 0.4) is 0 Å². The highest BCUT2D eigenvalue weighted by atomic mass is 19.1. The molecule has 12 heteroatoms. The van der Waals surface area contributed by atoms with Gasteiger partial charge in [-0.05, 0) is 47.4 Å². The number of carbonyl (C=O) groups is 1. The topological polar surface area (TPSA) is 148 Å². The van der Waals surface area contributed by atoms with Gasteiger partial charge in [0.15, 0.2) is 5.82 Å². The molecule has 0 saturated heterocycles. The lowest BCUT2D eigenvalue weighted by atomic mass is 10.1. The van der Waals surface area contributed by atoms with E-state index in [0.29, 0.717) is 25.1 Å². The second-order valence-electron chi connectivity index (χ2n) is 5.90. The molecule has 1 unspecified atom stereocenters. The zero-order chi connectivity index (χ0) is 19.6. The quantitative estimate of drug-likeness (QED) is 0.295. The van der Waals surface area contributed by atoms with E-state index in [2.05, 4.69) is 25.5 Å². The Balaban J connectivity index is 1.77. The molecule has 1 heterocycles. The molecular formula is C15H22BFN6O4. The molecule has 0 saturated carbocycles. The fraction of sp³-hybridized carbons (Fsp3) is 0.467. The maximum atomic E-state index is 12.9. The minimum Gasteiger partial charge on any atom is -0.402 e. The van der Waals surface area contributed by atoms with E-state index in [9.17, 15) is 9.18 Å². The molecule has 10 nitrogen and oxygen atoms in total. The highest BCUT2D eigenvalue weighted by molar-refractivity contribution is 6.32. The van der Waals surface area contributed by atoms with Crippen LogP contribution in [-0.2, 0) is 22.5 Å². The van der Waals surface area contributed by atoms with Crippen molar-refractivity contribution in [3.05, 3.63) is 41.5 Å². The third kappa shape index (κ3) is 7.39. The molecule has 27 heavy (non-hydrogen) atoms. The van der Waals surface area contributed by atoms with E-state index in [-0.39, 0.29) is 31.4 Å². The van der Waals surface area contributed by atoms with Crippen molar-refractivity contribution >= 4 is 13.2 Å². The van der Waals surface area contributed by atoms with Crippen LogP contribution in [0, 0.1) is 5.82 Å². The summed E-state index contributed by atoms with van der Waals surface area (Å²) in [4.78, 5) is 12.1. The van der Waals surface area contributed by atoms with Crippen LogP contribution in [0.5, 0.6) is 0 Å². The SMILES string of the molecule is NC(CCCCOB(O)O)c1nnnn1CC(=O)NCc1ccc(F)cc1. The number of carbonyl (C=O) groups excluding carboxylic acids is 1. The van der Waals surface area contributed by atoms with Gasteiger partial charge in [0.05, 0.1) is 6.04 Å². The fourth-order valence-electron chi connectivity index (χ4n) is 2.37. The summed E-state index contributed by atoms with van der Waals surface area (Å²) in [6.45, 7) is 0.373. The van der Waals surface area contributed by atoms with E-state index >= 15 is 0 Å². The summed E-state index contributed by atoms with van der Waals surface area (Å²) in [6, 6.07) is 5.36. The molecule has 1 amide bonds. The largest absolute Gasteiger partial charge is 0.633 e. The van der Waals surface area contributed by atoms with Crippen LogP contribution in [0.25, 0.3) is 0 Å². The molecule has 5 N–H and O–H groups in total. The summed E-state index contributed by atoms with van der Waals surface area (Å²) in [5.74, 6) is -0.253. The molecular weight excluding hydrogens is 358 g/mol. The Kier molecular flexibility index (Phi) is 8.26. The number of nitrogens with two attached hydrogens (primary N) is 1. The third-order valence-corrected chi connectivity index (χ3v) is 3.76. The van der Waals surface area contributed by atoms with Crippen LogP contribution < -0.4 is 11.1 Å². The van der Waals surface area contributed by atoms with Gasteiger partial charge in [-0.3, -0.25) is 4.79 Å². The second kappa shape index (κ2) is 10.7. The van der Waals surface area contributed by atoms with E-state index < -0.39 is 13.4 Å². The molecule has 0 fully saturated rings. The first-order valence-electron chi connectivity index (χ1n) is 8.46. The monoisotopic (exact) mass is 380 g/mol. The molecule has 0 aliphatic rings. The number of tetrazole rings is 1. The fourth-order valence-corrected chi connectivity index (χ4v) is 2.37. The van der Waals surface area contributed by atoms with Crippen molar-refractivity contribution in [2.24, 2.45) is 5.73 Å². The lowest BCUT2D eigenvalue weighted by Crippen LogP contribution is -2.29. The van der Waals surface area contributed by atoms with Crippen molar-refractivity contribution in [1.29, 1.82) is 0 Å². The predicted molar refractivity (Wildman–Crippen MR) is 93.0 cm³/mol. The maximum Gasteiger partial charge on any atom is 0.633 e. The Labute approximate surface area is 155 Å². The molecule has 1 atom stereocenters. The average molecular weight is 380 g/mol. The standard InChI is InChI=1S/C15H22BFN6O4/c17-12-6-4-11(5-7-12)9-19-14(24)10-23-15(20-21-22-23)13(18)3-1-2-8-27-16(25)26/h4-7,13,25-26H,1-3,8-10,18H2,(H,19,24). The Morgan fingerprint density at radius 1 is 1.33 bits per heavy atom. The van der Waals surface area contributed by atoms with Gasteiger partial charge in [0.25, 0.3) is 0 Å². The van der Waals surface area contributed by atoms with Gasteiger partial charge in [-0.25, -0.2) is 9.07 Å². The summed E-state index contributed by atoms with van der Waals surface area (Å²) in [7, 11) is -1.78. The molecule has 146 valence electrons. The number of unbranched alkanes of at least 4 members (excludes halogenated alkanes) is 1. The molecule has 2 aromatic rings. The lowest BCUT2D eigenvalue weighted by Gasteiger charge is -2.12. The molecule has 0 aliphatic carbocycles. The molecule has 0 aliphatic heterocycles. The number of hydrogen-bond acceptors (Lipinski definition) is 8. The maximum absolute atomic E-state index is 12.9. The molecule has 0 radical (unpaired) electrons. The van der Waals surface area contributed by atoms with Crippen molar-refractivity contribution in [2.45, 2.75) is 38.4 Å². The summed E-state index contributed by atoms with van der Waals surface area (Å²) >= 11 is 0. The zero-order valence-electron chi connectivity index (χ0n) is 14.7. The summed E-state index contributed by atoms with van der Waals surface area (Å²) in [6.07, 6.45) is 1.80. The van der Waals surface area contributed by atoms with E-state index in [1.165, 1.54) is 16.8 Å². The van der Waals surface area contributed by atoms with Gasteiger partial charge in [-0.2, -0.15) is 0 Å².